The fourth-order valence-electron chi connectivity index (χ4n) is 5.01. The number of thiophene rings is 1. The third-order valence-corrected chi connectivity index (χ3v) is 7.90. The monoisotopic (exact) mass is 450 g/mol. The van der Waals surface area contributed by atoms with Gasteiger partial charge in [-0.05, 0) is 55.0 Å². The number of hydrogen-bond donors (Lipinski definition) is 1. The Bertz CT molecular complexity index is 1280. The summed E-state index contributed by atoms with van der Waals surface area (Å²) < 4.78 is 8.11. The summed E-state index contributed by atoms with van der Waals surface area (Å²) in [5, 5.41) is 12.1. The molecule has 4 aromatic rings. The van der Waals surface area contributed by atoms with Gasteiger partial charge in [0.25, 0.3) is 5.56 Å². The van der Waals surface area contributed by atoms with Crippen LogP contribution in [0.5, 0.6) is 5.75 Å². The molecule has 6 heteroatoms. The van der Waals surface area contributed by atoms with Gasteiger partial charge >= 0.3 is 0 Å². The maximum atomic E-state index is 13.8. The second-order valence-electron chi connectivity index (χ2n) is 9.07. The van der Waals surface area contributed by atoms with Gasteiger partial charge in [0, 0.05) is 11.8 Å². The molecule has 32 heavy (non-hydrogen) atoms. The lowest BCUT2D eigenvalue weighted by atomic mass is 10.0. The molecule has 1 aromatic carbocycles. The van der Waals surface area contributed by atoms with Gasteiger partial charge in [0.1, 0.15) is 22.2 Å². The minimum atomic E-state index is -0.0360. The van der Waals surface area contributed by atoms with Crippen molar-refractivity contribution in [3.63, 3.8) is 0 Å². The zero-order valence-electron chi connectivity index (χ0n) is 18.6. The van der Waals surface area contributed by atoms with E-state index in [1.165, 1.54) is 37.0 Å². The van der Waals surface area contributed by atoms with Crippen molar-refractivity contribution < 1.29 is 9.52 Å². The molecule has 0 spiro atoms. The van der Waals surface area contributed by atoms with Gasteiger partial charge in [-0.15, -0.1) is 11.3 Å². The molecular weight excluding hydrogens is 420 g/mol. The average molecular weight is 451 g/mol. The molecule has 0 bridgehead atoms. The van der Waals surface area contributed by atoms with Crippen molar-refractivity contribution in [2.75, 3.05) is 0 Å². The first-order valence-corrected chi connectivity index (χ1v) is 12.7. The summed E-state index contributed by atoms with van der Waals surface area (Å²) in [6.45, 7) is 2.54. The molecule has 5 nitrogen and oxygen atoms in total. The van der Waals surface area contributed by atoms with Gasteiger partial charge in [0.05, 0.1) is 22.9 Å². The third-order valence-electron chi connectivity index (χ3n) is 6.78. The maximum Gasteiger partial charge on any atom is 0.263 e. The fourth-order valence-corrected chi connectivity index (χ4v) is 6.09. The highest BCUT2D eigenvalue weighted by molar-refractivity contribution is 7.25. The van der Waals surface area contributed by atoms with E-state index >= 15 is 0 Å². The van der Waals surface area contributed by atoms with Gasteiger partial charge in [-0.3, -0.25) is 9.36 Å². The molecule has 1 fully saturated rings. The summed E-state index contributed by atoms with van der Waals surface area (Å²) in [7, 11) is 0. The summed E-state index contributed by atoms with van der Waals surface area (Å²) in [6, 6.07) is 7.66. The number of benzene rings is 1. The molecule has 3 aromatic heterocycles. The second-order valence-corrected chi connectivity index (χ2v) is 10.1. The first-order chi connectivity index (χ1) is 15.6. The van der Waals surface area contributed by atoms with Gasteiger partial charge in [-0.1, -0.05) is 39.0 Å². The van der Waals surface area contributed by atoms with Crippen LogP contribution in [0.15, 0.2) is 39.7 Å². The Balaban J connectivity index is 1.63. The second kappa shape index (κ2) is 9.10. The molecule has 168 valence electrons. The van der Waals surface area contributed by atoms with Gasteiger partial charge in [0.15, 0.2) is 0 Å². The van der Waals surface area contributed by atoms with Gasteiger partial charge in [0.2, 0.25) is 0 Å². The summed E-state index contributed by atoms with van der Waals surface area (Å²) in [5.74, 6) is 2.55. The Kier molecular flexibility index (Phi) is 6.05. The van der Waals surface area contributed by atoms with E-state index in [9.17, 15) is 9.90 Å². The number of aromatic hydroxyl groups is 1. The number of phenols is 1. The molecule has 1 N–H and O–H groups in total. The van der Waals surface area contributed by atoms with E-state index in [1.807, 2.05) is 18.2 Å². The highest BCUT2D eigenvalue weighted by Crippen LogP contribution is 2.38. The van der Waals surface area contributed by atoms with Crippen LogP contribution in [0.3, 0.4) is 0 Å². The Morgan fingerprint density at radius 3 is 2.84 bits per heavy atom. The molecule has 0 atom stereocenters. The maximum absolute atomic E-state index is 13.8. The largest absolute Gasteiger partial charge is 0.506 e. The molecular formula is C26H30N2O3S. The van der Waals surface area contributed by atoms with Crippen molar-refractivity contribution in [1.82, 2.24) is 9.55 Å². The van der Waals surface area contributed by atoms with E-state index in [1.54, 1.807) is 10.8 Å². The lowest BCUT2D eigenvalue weighted by Gasteiger charge is -2.13. The van der Waals surface area contributed by atoms with Gasteiger partial charge in [-0.2, -0.15) is 0 Å². The first kappa shape index (κ1) is 21.3. The molecule has 0 aliphatic heterocycles. The molecule has 5 rings (SSSR count). The zero-order chi connectivity index (χ0) is 22.1. The Morgan fingerprint density at radius 2 is 2.09 bits per heavy atom. The Hall–Kier alpha value is -2.60. The number of fused-ring (bicyclic) bond motifs is 3. The number of rotatable bonds is 8. The van der Waals surface area contributed by atoms with Crippen LogP contribution in [-0.2, 0) is 19.4 Å². The predicted molar refractivity (Wildman–Crippen MR) is 130 cm³/mol. The van der Waals surface area contributed by atoms with Crippen molar-refractivity contribution in [3.05, 3.63) is 58.0 Å². The molecule has 0 radical (unpaired) electrons. The lowest BCUT2D eigenvalue weighted by Crippen LogP contribution is -2.25. The quantitative estimate of drug-likeness (QED) is 0.336. The smallest absolute Gasteiger partial charge is 0.263 e. The van der Waals surface area contributed by atoms with E-state index in [0.717, 1.165) is 70.1 Å². The molecule has 0 unspecified atom stereocenters. The lowest BCUT2D eigenvalue weighted by molar-refractivity contribution is 0.464. The topological polar surface area (TPSA) is 68.3 Å². The molecule has 1 aliphatic rings. The van der Waals surface area contributed by atoms with Crippen molar-refractivity contribution in [1.29, 1.82) is 0 Å². The summed E-state index contributed by atoms with van der Waals surface area (Å²) in [4.78, 5) is 19.5. The van der Waals surface area contributed by atoms with Crippen molar-refractivity contribution in [2.45, 2.75) is 71.3 Å². The number of aromatic nitrogens is 2. The van der Waals surface area contributed by atoms with Crippen LogP contribution in [0.4, 0.5) is 0 Å². The molecule has 0 amide bonds. The standard InChI is InChI=1S/C26H30N2O3S/c1-2-3-7-18-14-20-23-25(32-24(20)21(29)15-18)27-22(12-11-17-8-4-5-9-17)28(26(23)30)16-19-10-6-13-31-19/h6,10,13-15,17,29H,2-5,7-9,11-12,16H2,1H3. The van der Waals surface area contributed by atoms with E-state index in [0.29, 0.717) is 11.9 Å². The summed E-state index contributed by atoms with van der Waals surface area (Å²) in [6.07, 6.45) is 11.7. The van der Waals surface area contributed by atoms with Crippen molar-refractivity contribution >= 4 is 31.6 Å². The van der Waals surface area contributed by atoms with Gasteiger partial charge in [-0.25, -0.2) is 4.98 Å². The van der Waals surface area contributed by atoms with Crippen LogP contribution < -0.4 is 5.56 Å². The SMILES string of the molecule is CCCCc1cc(O)c2sc3nc(CCC4CCCC4)n(Cc4ccco4)c(=O)c3c2c1. The average Bonchev–Trinajstić information content (AvgIpc) is 3.54. The number of phenolic OH excluding ortho intramolecular Hbond substituents is 1. The van der Waals surface area contributed by atoms with Crippen LogP contribution in [0, 0.1) is 5.92 Å². The first-order valence-electron chi connectivity index (χ1n) is 11.8. The number of nitrogens with zero attached hydrogens (tertiary/aromatic N) is 2. The molecule has 1 saturated carbocycles. The van der Waals surface area contributed by atoms with Gasteiger partial charge < -0.3 is 9.52 Å². The molecule has 3 heterocycles. The van der Waals surface area contributed by atoms with Crippen LogP contribution in [0.1, 0.15) is 69.0 Å². The van der Waals surface area contributed by atoms with E-state index in [-0.39, 0.29) is 11.3 Å². The minimum Gasteiger partial charge on any atom is -0.506 e. The van der Waals surface area contributed by atoms with Crippen LogP contribution in [0.2, 0.25) is 0 Å². The normalized spacial score (nSPS) is 14.8. The number of furan rings is 1. The van der Waals surface area contributed by atoms with Crippen LogP contribution >= 0.6 is 11.3 Å². The zero-order valence-corrected chi connectivity index (χ0v) is 19.4. The predicted octanol–water partition coefficient (Wildman–Crippen LogP) is 6.42. The third kappa shape index (κ3) is 4.08. The summed E-state index contributed by atoms with van der Waals surface area (Å²) >= 11 is 1.43. The highest BCUT2D eigenvalue weighted by atomic mass is 32.1. The molecule has 0 saturated heterocycles. The number of hydrogen-bond acceptors (Lipinski definition) is 5. The Morgan fingerprint density at radius 1 is 1.25 bits per heavy atom. The Labute approximate surface area is 191 Å². The van der Waals surface area contributed by atoms with Crippen LogP contribution in [0.25, 0.3) is 20.3 Å². The summed E-state index contributed by atoms with van der Waals surface area (Å²) in [5.41, 5.74) is 1.03. The van der Waals surface area contributed by atoms with Crippen LogP contribution in [-0.4, -0.2) is 14.7 Å². The van der Waals surface area contributed by atoms with E-state index in [4.69, 9.17) is 9.40 Å². The highest BCUT2D eigenvalue weighted by Gasteiger charge is 2.21. The fraction of sp³-hybridized carbons (Fsp3) is 0.462. The minimum absolute atomic E-state index is 0.0360. The number of aryl methyl sites for hydroxylation is 2. The van der Waals surface area contributed by atoms with E-state index in [2.05, 4.69) is 13.0 Å². The number of unbranched alkanes of at least 4 members (excludes halogenated alkanes) is 1. The molecule has 1 aliphatic carbocycles. The van der Waals surface area contributed by atoms with E-state index < -0.39 is 0 Å². The van der Waals surface area contributed by atoms with Crippen molar-refractivity contribution in [2.24, 2.45) is 5.92 Å². The van der Waals surface area contributed by atoms with Crippen molar-refractivity contribution in [3.8, 4) is 5.75 Å².